The van der Waals surface area contributed by atoms with Crippen LogP contribution in [0, 0.1) is 0 Å². The van der Waals surface area contributed by atoms with Crippen LogP contribution in [0.2, 0.25) is 0 Å². The molecule has 0 spiro atoms. The number of hydrogen-bond donors (Lipinski definition) is 1. The molecule has 6 heteroatoms. The Balaban J connectivity index is 2.58. The van der Waals surface area contributed by atoms with Crippen LogP contribution >= 0.6 is 47.8 Å². The lowest BCUT2D eigenvalue weighted by Gasteiger charge is -2.11. The maximum Gasteiger partial charge on any atom is 0.321 e. The van der Waals surface area contributed by atoms with E-state index in [9.17, 15) is 4.79 Å². The topological polar surface area (TPSA) is 38.3 Å². The zero-order valence-corrected chi connectivity index (χ0v) is 13.2. The summed E-state index contributed by atoms with van der Waals surface area (Å²) in [5.74, 6) is -0.291. The van der Waals surface area contributed by atoms with Crippen LogP contribution in [0.5, 0.6) is 0 Å². The fraction of sp³-hybridized carbons (Fsp3) is 0.300. The highest BCUT2D eigenvalue weighted by molar-refractivity contribution is 9.11. The van der Waals surface area contributed by atoms with Gasteiger partial charge in [-0.15, -0.1) is 0 Å². The van der Waals surface area contributed by atoms with E-state index in [1.165, 1.54) is 7.11 Å². The minimum absolute atomic E-state index is 0.291. The predicted molar refractivity (Wildman–Crippen MR) is 75.1 cm³/mol. The number of carbonyl (C=O) groups excluding carboxylic acids is 1. The molecule has 3 nitrogen and oxygen atoms in total. The Kier molecular flexibility index (Phi) is 5.78. The number of nitrogens with one attached hydrogen (secondary N) is 1. The maximum absolute atomic E-state index is 11.1. The number of rotatable bonds is 4. The van der Waals surface area contributed by atoms with Crippen molar-refractivity contribution < 1.29 is 9.53 Å². The molecule has 16 heavy (non-hydrogen) atoms. The monoisotopic (exact) mass is 413 g/mol. The van der Waals surface area contributed by atoms with Crippen molar-refractivity contribution in [3.05, 3.63) is 27.1 Å². The van der Waals surface area contributed by atoms with Crippen LogP contribution in [0.25, 0.3) is 0 Å². The Morgan fingerprint density at radius 1 is 1.50 bits per heavy atom. The van der Waals surface area contributed by atoms with E-state index >= 15 is 0 Å². The second-order valence-corrected chi connectivity index (χ2v) is 5.87. The molecule has 0 aliphatic heterocycles. The molecule has 0 aliphatic rings. The quantitative estimate of drug-likeness (QED) is 0.603. The van der Waals surface area contributed by atoms with Gasteiger partial charge in [-0.25, -0.2) is 0 Å². The summed E-state index contributed by atoms with van der Waals surface area (Å²) in [4.78, 5) is 10.8. The van der Waals surface area contributed by atoms with Gasteiger partial charge in [-0.2, -0.15) is 0 Å². The van der Waals surface area contributed by atoms with Gasteiger partial charge >= 0.3 is 5.97 Å². The van der Waals surface area contributed by atoms with Crippen LogP contribution in [0.15, 0.2) is 27.1 Å². The summed E-state index contributed by atoms with van der Waals surface area (Å²) < 4.78 is 6.54. The van der Waals surface area contributed by atoms with Crippen molar-refractivity contribution in [1.82, 2.24) is 0 Å². The number of hydrogen-bond acceptors (Lipinski definition) is 3. The van der Waals surface area contributed by atoms with Gasteiger partial charge in [-0.1, -0.05) is 31.9 Å². The minimum atomic E-state index is -0.354. The summed E-state index contributed by atoms with van der Waals surface area (Å²) in [5, 5.41) is 3.14. The van der Waals surface area contributed by atoms with E-state index in [4.69, 9.17) is 0 Å². The molecule has 0 saturated carbocycles. The third kappa shape index (κ3) is 4.07. The number of methoxy groups -OCH3 is 1. The third-order valence-corrected chi connectivity index (χ3v) is 3.71. The maximum atomic E-state index is 11.1. The highest BCUT2D eigenvalue weighted by Crippen LogP contribution is 2.26. The van der Waals surface area contributed by atoms with Crippen molar-refractivity contribution in [2.45, 2.75) is 4.83 Å². The molecule has 0 bridgehead atoms. The van der Waals surface area contributed by atoms with Crippen molar-refractivity contribution in [1.29, 1.82) is 0 Å². The number of esters is 1. The molecule has 1 unspecified atom stereocenters. The minimum Gasteiger partial charge on any atom is -0.468 e. The molecule has 0 saturated heterocycles. The van der Waals surface area contributed by atoms with Crippen LogP contribution in [-0.4, -0.2) is 24.5 Å². The second kappa shape index (κ2) is 6.61. The number of benzene rings is 1. The first-order valence-corrected chi connectivity index (χ1v) is 6.95. The van der Waals surface area contributed by atoms with Crippen molar-refractivity contribution in [3.8, 4) is 0 Å². The number of halogens is 3. The SMILES string of the molecule is COC(=O)C(Br)CNc1ccc(Br)cc1Br. The summed E-state index contributed by atoms with van der Waals surface area (Å²) in [5.41, 5.74) is 0.927. The van der Waals surface area contributed by atoms with Crippen molar-refractivity contribution in [2.24, 2.45) is 0 Å². The lowest BCUT2D eigenvalue weighted by Crippen LogP contribution is -2.24. The Morgan fingerprint density at radius 2 is 2.19 bits per heavy atom. The van der Waals surface area contributed by atoms with Gasteiger partial charge in [0.2, 0.25) is 0 Å². The highest BCUT2D eigenvalue weighted by atomic mass is 79.9. The van der Waals surface area contributed by atoms with Crippen molar-refractivity contribution >= 4 is 59.4 Å². The standard InChI is InChI=1S/C10H10Br3NO2/c1-16-10(15)8(13)5-14-9-3-2-6(11)4-7(9)12/h2-4,8,14H,5H2,1H3. The fourth-order valence-electron chi connectivity index (χ4n) is 1.04. The zero-order valence-electron chi connectivity index (χ0n) is 8.47. The first kappa shape index (κ1) is 14.0. The average molecular weight is 416 g/mol. The molecular formula is C10H10Br3NO2. The molecule has 1 aromatic carbocycles. The van der Waals surface area contributed by atoms with Gasteiger partial charge in [-0.05, 0) is 34.1 Å². The van der Waals surface area contributed by atoms with E-state index in [1.807, 2.05) is 18.2 Å². The molecule has 0 fully saturated rings. The molecule has 0 radical (unpaired) electrons. The molecule has 1 atom stereocenters. The van der Waals surface area contributed by atoms with Gasteiger partial charge in [0.05, 0.1) is 7.11 Å². The fourth-order valence-corrected chi connectivity index (χ4v) is 2.58. The predicted octanol–water partition coefficient (Wildman–Crippen LogP) is 3.56. The van der Waals surface area contributed by atoms with Crippen molar-refractivity contribution in [2.75, 3.05) is 19.0 Å². The molecular weight excluding hydrogens is 406 g/mol. The third-order valence-electron chi connectivity index (χ3n) is 1.86. The number of anilines is 1. The van der Waals surface area contributed by atoms with E-state index in [1.54, 1.807) is 0 Å². The lowest BCUT2D eigenvalue weighted by atomic mass is 10.3. The van der Waals surface area contributed by atoms with Crippen molar-refractivity contribution in [3.63, 3.8) is 0 Å². The van der Waals surface area contributed by atoms with Gasteiger partial charge in [0.15, 0.2) is 0 Å². The first-order chi connectivity index (χ1) is 7.54. The number of alkyl halides is 1. The highest BCUT2D eigenvalue weighted by Gasteiger charge is 2.14. The Hall–Kier alpha value is -0.0700. The molecule has 88 valence electrons. The number of ether oxygens (including phenoxy) is 1. The summed E-state index contributed by atoms with van der Waals surface area (Å²) in [6, 6.07) is 5.78. The van der Waals surface area contributed by atoms with Gasteiger partial charge in [0.1, 0.15) is 4.83 Å². The first-order valence-electron chi connectivity index (χ1n) is 4.45. The van der Waals surface area contributed by atoms with Gasteiger partial charge in [0, 0.05) is 21.2 Å². The largest absolute Gasteiger partial charge is 0.468 e. The summed E-state index contributed by atoms with van der Waals surface area (Å²) in [6.45, 7) is 0.465. The van der Waals surface area contributed by atoms with Crippen LogP contribution in [0.1, 0.15) is 0 Å². The van der Waals surface area contributed by atoms with Gasteiger partial charge in [-0.3, -0.25) is 4.79 Å². The summed E-state index contributed by atoms with van der Waals surface area (Å²) in [6.07, 6.45) is 0. The smallest absolute Gasteiger partial charge is 0.321 e. The van der Waals surface area contributed by atoms with E-state index < -0.39 is 0 Å². The molecule has 0 amide bonds. The van der Waals surface area contributed by atoms with E-state index in [-0.39, 0.29) is 10.8 Å². The number of carbonyl (C=O) groups is 1. The van der Waals surface area contributed by atoms with Crippen LogP contribution in [0.4, 0.5) is 5.69 Å². The lowest BCUT2D eigenvalue weighted by molar-refractivity contribution is -0.139. The van der Waals surface area contributed by atoms with Gasteiger partial charge < -0.3 is 10.1 Å². The summed E-state index contributed by atoms with van der Waals surface area (Å²) in [7, 11) is 1.37. The average Bonchev–Trinajstić information content (AvgIpc) is 2.26. The van der Waals surface area contributed by atoms with Crippen LogP contribution in [0.3, 0.4) is 0 Å². The molecule has 0 heterocycles. The molecule has 1 aromatic rings. The molecule has 0 aromatic heterocycles. The zero-order chi connectivity index (χ0) is 12.1. The van der Waals surface area contributed by atoms with Gasteiger partial charge in [0.25, 0.3) is 0 Å². The summed E-state index contributed by atoms with van der Waals surface area (Å²) >= 11 is 10.0. The van der Waals surface area contributed by atoms with Crippen LogP contribution in [-0.2, 0) is 9.53 Å². The van der Waals surface area contributed by atoms with E-state index in [0.717, 1.165) is 14.6 Å². The molecule has 0 aliphatic carbocycles. The second-order valence-electron chi connectivity index (χ2n) is 3.00. The van der Waals surface area contributed by atoms with E-state index in [2.05, 4.69) is 57.8 Å². The Bertz CT molecular complexity index is 384. The molecule has 1 rings (SSSR count). The van der Waals surface area contributed by atoms with Crippen LogP contribution < -0.4 is 5.32 Å². The molecule has 1 N–H and O–H groups in total. The van der Waals surface area contributed by atoms with E-state index in [0.29, 0.717) is 6.54 Å². The Morgan fingerprint density at radius 3 is 2.75 bits per heavy atom. The Labute approximate surface area is 119 Å². The normalized spacial score (nSPS) is 12.0.